The van der Waals surface area contributed by atoms with Gasteiger partial charge in [-0.05, 0) is 36.6 Å². The lowest BCUT2D eigenvalue weighted by Crippen LogP contribution is -2.36. The van der Waals surface area contributed by atoms with Crippen LogP contribution in [0.25, 0.3) is 6.08 Å². The molecule has 1 amide bonds. The highest BCUT2D eigenvalue weighted by Crippen LogP contribution is 2.13. The Morgan fingerprint density at radius 2 is 1.95 bits per heavy atom. The zero-order chi connectivity index (χ0) is 15.3. The van der Waals surface area contributed by atoms with Gasteiger partial charge in [0.1, 0.15) is 5.82 Å². The Bertz CT molecular complexity index is 538. The van der Waals surface area contributed by atoms with E-state index in [-0.39, 0.29) is 17.5 Å². The molecular formula is C15H18FNO3. The molecule has 0 aliphatic carbocycles. The molecule has 1 unspecified atom stereocenters. The van der Waals surface area contributed by atoms with Crippen molar-refractivity contribution in [2.75, 3.05) is 0 Å². The highest BCUT2D eigenvalue weighted by molar-refractivity contribution is 5.95. The number of amides is 1. The van der Waals surface area contributed by atoms with Crippen LogP contribution in [0, 0.1) is 11.7 Å². The summed E-state index contributed by atoms with van der Waals surface area (Å²) < 4.78 is 13.8. The predicted octanol–water partition coefficient (Wildman–Crippen LogP) is 2.70. The Kier molecular flexibility index (Phi) is 5.43. The first-order chi connectivity index (χ1) is 9.31. The smallest absolute Gasteiger partial charge is 0.328 e. The molecule has 20 heavy (non-hydrogen) atoms. The third-order valence-electron chi connectivity index (χ3n) is 3.01. The molecule has 0 aliphatic rings. The molecule has 0 fully saturated rings. The number of benzene rings is 1. The maximum absolute atomic E-state index is 13.8. The van der Waals surface area contributed by atoms with Gasteiger partial charge in [0.05, 0.1) is 5.56 Å². The Balaban J connectivity index is 2.87. The number of hydrogen-bond acceptors (Lipinski definition) is 2. The molecule has 0 aromatic heterocycles. The zero-order valence-corrected chi connectivity index (χ0v) is 11.7. The van der Waals surface area contributed by atoms with E-state index >= 15 is 0 Å². The number of carbonyl (C=O) groups excluding carboxylic acids is 1. The second kappa shape index (κ2) is 6.84. The van der Waals surface area contributed by atoms with Crippen LogP contribution in [0.15, 0.2) is 24.3 Å². The van der Waals surface area contributed by atoms with Crippen molar-refractivity contribution in [2.45, 2.75) is 26.8 Å². The third kappa shape index (κ3) is 4.50. The van der Waals surface area contributed by atoms with E-state index in [0.717, 1.165) is 12.1 Å². The number of rotatable bonds is 5. The van der Waals surface area contributed by atoms with Crippen molar-refractivity contribution < 1.29 is 19.1 Å². The standard InChI is InChI=1S/C15H18FNO3/c1-9(2)10(3)17-15(20)12-6-4-11(8-13(12)16)5-7-14(18)19/h4-10H,1-3H3,(H,17,20)(H,18,19). The summed E-state index contributed by atoms with van der Waals surface area (Å²) in [6.45, 7) is 5.77. The first kappa shape index (κ1) is 15.9. The summed E-state index contributed by atoms with van der Waals surface area (Å²) in [4.78, 5) is 22.3. The molecule has 1 aromatic rings. The van der Waals surface area contributed by atoms with Gasteiger partial charge in [-0.25, -0.2) is 9.18 Å². The van der Waals surface area contributed by atoms with Gasteiger partial charge >= 0.3 is 5.97 Å². The Labute approximate surface area is 117 Å². The van der Waals surface area contributed by atoms with Crippen molar-refractivity contribution in [2.24, 2.45) is 5.92 Å². The largest absolute Gasteiger partial charge is 0.478 e. The van der Waals surface area contributed by atoms with E-state index < -0.39 is 17.7 Å². The summed E-state index contributed by atoms with van der Waals surface area (Å²) >= 11 is 0. The van der Waals surface area contributed by atoms with Gasteiger partial charge in [0.25, 0.3) is 5.91 Å². The summed E-state index contributed by atoms with van der Waals surface area (Å²) in [5.41, 5.74) is 0.336. The number of carboxylic acid groups (broad SMARTS) is 1. The van der Waals surface area contributed by atoms with Crippen molar-refractivity contribution in [1.29, 1.82) is 0 Å². The molecule has 0 aliphatic heterocycles. The number of carbonyl (C=O) groups is 2. The van der Waals surface area contributed by atoms with Crippen LogP contribution in [0.5, 0.6) is 0 Å². The first-order valence-electron chi connectivity index (χ1n) is 6.32. The van der Waals surface area contributed by atoms with Crippen LogP contribution in [-0.2, 0) is 4.79 Å². The van der Waals surface area contributed by atoms with Crippen molar-refractivity contribution in [3.05, 3.63) is 41.2 Å². The molecule has 0 saturated heterocycles. The van der Waals surface area contributed by atoms with Gasteiger partial charge in [-0.3, -0.25) is 4.79 Å². The van der Waals surface area contributed by atoms with Gasteiger partial charge in [0.2, 0.25) is 0 Å². The maximum Gasteiger partial charge on any atom is 0.328 e. The second-order valence-electron chi connectivity index (χ2n) is 4.92. The summed E-state index contributed by atoms with van der Waals surface area (Å²) in [5.74, 6) is -2.01. The van der Waals surface area contributed by atoms with Crippen LogP contribution in [0.2, 0.25) is 0 Å². The van der Waals surface area contributed by atoms with Gasteiger partial charge in [-0.1, -0.05) is 19.9 Å². The van der Waals surface area contributed by atoms with Crippen LogP contribution in [0.1, 0.15) is 36.7 Å². The summed E-state index contributed by atoms with van der Waals surface area (Å²) in [6, 6.07) is 3.92. The molecule has 0 saturated carbocycles. The van der Waals surface area contributed by atoms with E-state index in [1.807, 2.05) is 20.8 Å². The second-order valence-corrected chi connectivity index (χ2v) is 4.92. The molecule has 0 radical (unpaired) electrons. The number of halogens is 1. The highest BCUT2D eigenvalue weighted by atomic mass is 19.1. The molecule has 2 N–H and O–H groups in total. The van der Waals surface area contributed by atoms with E-state index in [1.54, 1.807) is 0 Å². The van der Waals surface area contributed by atoms with Crippen LogP contribution < -0.4 is 5.32 Å². The fraction of sp³-hybridized carbons (Fsp3) is 0.333. The van der Waals surface area contributed by atoms with Crippen molar-refractivity contribution in [3.63, 3.8) is 0 Å². The average molecular weight is 279 g/mol. The first-order valence-corrected chi connectivity index (χ1v) is 6.32. The number of nitrogens with one attached hydrogen (secondary N) is 1. The fourth-order valence-electron chi connectivity index (χ4n) is 1.44. The lowest BCUT2D eigenvalue weighted by molar-refractivity contribution is -0.131. The molecule has 1 atom stereocenters. The topological polar surface area (TPSA) is 66.4 Å². The van der Waals surface area contributed by atoms with Crippen LogP contribution in [0.3, 0.4) is 0 Å². The maximum atomic E-state index is 13.8. The zero-order valence-electron chi connectivity index (χ0n) is 11.7. The predicted molar refractivity (Wildman–Crippen MR) is 74.8 cm³/mol. The van der Waals surface area contributed by atoms with Gasteiger partial charge in [0.15, 0.2) is 0 Å². The van der Waals surface area contributed by atoms with E-state index in [1.165, 1.54) is 18.2 Å². The van der Waals surface area contributed by atoms with Crippen LogP contribution in [0.4, 0.5) is 4.39 Å². The minimum atomic E-state index is -1.11. The molecule has 4 nitrogen and oxygen atoms in total. The molecule has 1 aromatic carbocycles. The van der Waals surface area contributed by atoms with Crippen molar-refractivity contribution >= 4 is 18.0 Å². The average Bonchev–Trinajstić information content (AvgIpc) is 2.35. The van der Waals surface area contributed by atoms with Gasteiger partial charge < -0.3 is 10.4 Å². The van der Waals surface area contributed by atoms with E-state index in [0.29, 0.717) is 5.56 Å². The monoisotopic (exact) mass is 279 g/mol. The third-order valence-corrected chi connectivity index (χ3v) is 3.01. The molecule has 0 spiro atoms. The minimum absolute atomic E-state index is 0.0509. The SMILES string of the molecule is CC(C)C(C)NC(=O)c1ccc(C=CC(=O)O)cc1F. The minimum Gasteiger partial charge on any atom is -0.478 e. The molecule has 0 bridgehead atoms. The number of carboxylic acids is 1. The van der Waals surface area contributed by atoms with Crippen molar-refractivity contribution in [3.8, 4) is 0 Å². The van der Waals surface area contributed by atoms with Crippen molar-refractivity contribution in [1.82, 2.24) is 5.32 Å². The molecule has 1 rings (SSSR count). The lowest BCUT2D eigenvalue weighted by Gasteiger charge is -2.17. The highest BCUT2D eigenvalue weighted by Gasteiger charge is 2.15. The lowest BCUT2D eigenvalue weighted by atomic mass is 10.1. The summed E-state index contributed by atoms with van der Waals surface area (Å²) in [6.07, 6.45) is 2.18. The molecule has 5 heteroatoms. The molecular weight excluding hydrogens is 261 g/mol. The van der Waals surface area contributed by atoms with E-state index in [4.69, 9.17) is 5.11 Å². The van der Waals surface area contributed by atoms with Crippen LogP contribution >= 0.6 is 0 Å². The van der Waals surface area contributed by atoms with Gasteiger partial charge in [-0.15, -0.1) is 0 Å². The summed E-state index contributed by atoms with van der Waals surface area (Å²) in [7, 11) is 0. The normalized spacial score (nSPS) is 12.7. The molecule has 0 heterocycles. The number of aliphatic carboxylic acids is 1. The Morgan fingerprint density at radius 3 is 2.45 bits per heavy atom. The van der Waals surface area contributed by atoms with E-state index in [9.17, 15) is 14.0 Å². The molecule has 108 valence electrons. The number of hydrogen-bond donors (Lipinski definition) is 2. The van der Waals surface area contributed by atoms with Gasteiger partial charge in [-0.2, -0.15) is 0 Å². The van der Waals surface area contributed by atoms with Crippen LogP contribution in [-0.4, -0.2) is 23.0 Å². The van der Waals surface area contributed by atoms with Gasteiger partial charge in [0, 0.05) is 12.1 Å². The Morgan fingerprint density at radius 1 is 1.30 bits per heavy atom. The quantitative estimate of drug-likeness (QED) is 0.814. The van der Waals surface area contributed by atoms with E-state index in [2.05, 4.69) is 5.32 Å². The summed E-state index contributed by atoms with van der Waals surface area (Å²) in [5, 5.41) is 11.2. The Hall–Kier alpha value is -2.17. The fourth-order valence-corrected chi connectivity index (χ4v) is 1.44.